The number of hydrogen-bond acceptors (Lipinski definition) is 4. The van der Waals surface area contributed by atoms with E-state index in [9.17, 15) is 4.79 Å². The molecule has 1 aromatic heterocycles. The van der Waals surface area contributed by atoms with Gasteiger partial charge in [0.25, 0.3) is 5.91 Å². The van der Waals surface area contributed by atoms with Crippen LogP contribution in [0, 0.1) is 17.8 Å². The molecule has 0 unspecified atom stereocenters. The van der Waals surface area contributed by atoms with E-state index in [-0.39, 0.29) is 5.91 Å². The summed E-state index contributed by atoms with van der Waals surface area (Å²) in [6.45, 7) is 2.72. The first kappa shape index (κ1) is 18.6. The Morgan fingerprint density at radius 3 is 2.64 bits per heavy atom. The van der Waals surface area contributed by atoms with Crippen molar-refractivity contribution in [3.05, 3.63) is 35.2 Å². The van der Waals surface area contributed by atoms with Crippen LogP contribution in [0.3, 0.4) is 0 Å². The van der Waals surface area contributed by atoms with Gasteiger partial charge in [0.1, 0.15) is 0 Å². The van der Waals surface area contributed by atoms with Gasteiger partial charge in [-0.05, 0) is 75.1 Å². The molecule has 150 valence electrons. The minimum atomic E-state index is 0.215. The van der Waals surface area contributed by atoms with Crippen LogP contribution in [0.5, 0.6) is 0 Å². The Hall–Kier alpha value is -1.43. The molecule has 2 saturated carbocycles. The Morgan fingerprint density at radius 2 is 1.93 bits per heavy atom. The van der Waals surface area contributed by atoms with Crippen molar-refractivity contribution in [2.24, 2.45) is 17.8 Å². The van der Waals surface area contributed by atoms with E-state index in [1.807, 2.05) is 12.1 Å². The van der Waals surface area contributed by atoms with Gasteiger partial charge in [-0.15, -0.1) is 11.3 Å². The van der Waals surface area contributed by atoms with Gasteiger partial charge < -0.3 is 14.5 Å². The van der Waals surface area contributed by atoms with E-state index in [0.29, 0.717) is 24.0 Å². The molecule has 5 rings (SSSR count). The molecule has 1 aromatic carbocycles. The Balaban J connectivity index is 1.28. The Labute approximate surface area is 171 Å². The van der Waals surface area contributed by atoms with Crippen molar-refractivity contribution < 1.29 is 9.53 Å². The van der Waals surface area contributed by atoms with E-state index >= 15 is 0 Å². The van der Waals surface area contributed by atoms with Crippen LogP contribution in [0.15, 0.2) is 30.3 Å². The van der Waals surface area contributed by atoms with E-state index in [1.54, 1.807) is 11.3 Å². The van der Waals surface area contributed by atoms with Crippen molar-refractivity contribution >= 4 is 27.3 Å². The first-order valence-corrected chi connectivity index (χ1v) is 11.5. The third-order valence-corrected chi connectivity index (χ3v) is 8.02. The van der Waals surface area contributed by atoms with Crippen LogP contribution in [-0.2, 0) is 4.74 Å². The van der Waals surface area contributed by atoms with Crippen LogP contribution in [0.25, 0.3) is 10.1 Å². The summed E-state index contributed by atoms with van der Waals surface area (Å²) in [5.41, 5.74) is 0. The standard InChI is InChI=1S/C23H30N2O2S/c1-24(2)19-9-17-12-25(13-18(17)10-20(19)27-14-15-7-8-15)23(26)22-11-16-5-3-4-6-21(16)28-22/h3-6,11,15,17-20H,7-10,12-14H2,1-2H3/t17-,18+,19-,20-/m1/s1. The number of nitrogens with zero attached hydrogens (tertiary/aromatic N) is 2. The van der Waals surface area contributed by atoms with Crippen LogP contribution < -0.4 is 0 Å². The number of ether oxygens (including phenoxy) is 1. The fourth-order valence-corrected chi connectivity index (χ4v) is 6.10. The molecule has 5 heteroatoms. The van der Waals surface area contributed by atoms with Gasteiger partial charge in [0, 0.05) is 30.4 Å². The van der Waals surface area contributed by atoms with Gasteiger partial charge in [-0.1, -0.05) is 18.2 Å². The zero-order valence-electron chi connectivity index (χ0n) is 16.8. The number of thiophene rings is 1. The van der Waals surface area contributed by atoms with Gasteiger partial charge in [-0.25, -0.2) is 0 Å². The van der Waals surface area contributed by atoms with Gasteiger partial charge >= 0.3 is 0 Å². The molecule has 0 bridgehead atoms. The molecule has 1 amide bonds. The summed E-state index contributed by atoms with van der Waals surface area (Å²) in [4.78, 5) is 18.5. The predicted octanol–water partition coefficient (Wildman–Crippen LogP) is 4.11. The lowest BCUT2D eigenvalue weighted by Crippen LogP contribution is -2.48. The van der Waals surface area contributed by atoms with E-state index < -0.39 is 0 Å². The lowest BCUT2D eigenvalue weighted by Gasteiger charge is -2.41. The average molecular weight is 399 g/mol. The molecule has 28 heavy (non-hydrogen) atoms. The van der Waals surface area contributed by atoms with E-state index in [2.05, 4.69) is 42.1 Å². The summed E-state index contributed by atoms with van der Waals surface area (Å²) in [5, 5.41) is 1.17. The quantitative estimate of drug-likeness (QED) is 0.760. The molecule has 3 aliphatic rings. The maximum atomic E-state index is 13.2. The van der Waals surface area contributed by atoms with Gasteiger partial charge in [0.2, 0.25) is 0 Å². The summed E-state index contributed by atoms with van der Waals surface area (Å²) >= 11 is 1.63. The highest BCUT2D eigenvalue weighted by Gasteiger charge is 2.45. The van der Waals surface area contributed by atoms with Crippen molar-refractivity contribution in [1.82, 2.24) is 9.80 Å². The third kappa shape index (κ3) is 3.60. The SMILES string of the molecule is CN(C)[C@@H]1C[C@@H]2CN(C(=O)c3cc4ccccc4s3)C[C@@H]2C[C@H]1OCC1CC1. The lowest BCUT2D eigenvalue weighted by atomic mass is 9.77. The number of rotatable bonds is 5. The van der Waals surface area contributed by atoms with Gasteiger partial charge in [0.15, 0.2) is 0 Å². The fourth-order valence-electron chi connectivity index (χ4n) is 5.07. The number of fused-ring (bicyclic) bond motifs is 2. The first-order chi connectivity index (χ1) is 13.6. The van der Waals surface area contributed by atoms with Gasteiger partial charge in [-0.3, -0.25) is 4.79 Å². The highest BCUT2D eigenvalue weighted by molar-refractivity contribution is 7.20. The lowest BCUT2D eigenvalue weighted by molar-refractivity contribution is -0.0493. The van der Waals surface area contributed by atoms with Crippen molar-refractivity contribution in [3.8, 4) is 0 Å². The maximum absolute atomic E-state index is 13.2. The number of carbonyl (C=O) groups excluding carboxylic acids is 1. The molecule has 2 aliphatic carbocycles. The van der Waals surface area contributed by atoms with Gasteiger partial charge in [0.05, 0.1) is 11.0 Å². The second-order valence-electron chi connectivity index (χ2n) is 9.20. The monoisotopic (exact) mass is 398 g/mol. The minimum Gasteiger partial charge on any atom is -0.376 e. The Morgan fingerprint density at radius 1 is 1.18 bits per heavy atom. The second kappa shape index (κ2) is 7.43. The second-order valence-corrected chi connectivity index (χ2v) is 10.3. The highest BCUT2D eigenvalue weighted by atomic mass is 32.1. The number of hydrogen-bond donors (Lipinski definition) is 0. The number of amides is 1. The molecule has 0 N–H and O–H groups in total. The van der Waals surface area contributed by atoms with Crippen LogP contribution in [-0.4, -0.2) is 61.6 Å². The molecule has 2 heterocycles. The fraction of sp³-hybridized carbons (Fsp3) is 0.609. The van der Waals surface area contributed by atoms with E-state index in [1.165, 1.54) is 22.9 Å². The number of carbonyl (C=O) groups is 1. The molecule has 0 spiro atoms. The van der Waals surface area contributed by atoms with Crippen LogP contribution in [0.2, 0.25) is 0 Å². The van der Waals surface area contributed by atoms with Crippen LogP contribution in [0.4, 0.5) is 0 Å². The molecule has 0 radical (unpaired) electrons. The Bertz CT molecular complexity index is 826. The van der Waals surface area contributed by atoms with E-state index in [0.717, 1.165) is 43.3 Å². The van der Waals surface area contributed by atoms with E-state index in [4.69, 9.17) is 4.74 Å². The molecule has 1 aliphatic heterocycles. The zero-order chi connectivity index (χ0) is 19.3. The van der Waals surface area contributed by atoms with Crippen molar-refractivity contribution in [1.29, 1.82) is 0 Å². The van der Waals surface area contributed by atoms with Crippen LogP contribution in [0.1, 0.15) is 35.4 Å². The van der Waals surface area contributed by atoms with Crippen molar-refractivity contribution in [2.75, 3.05) is 33.8 Å². The molecular weight excluding hydrogens is 368 g/mol. The molecule has 1 saturated heterocycles. The molecule has 3 fully saturated rings. The van der Waals surface area contributed by atoms with Crippen LogP contribution >= 0.6 is 11.3 Å². The zero-order valence-corrected chi connectivity index (χ0v) is 17.7. The molecule has 4 nitrogen and oxygen atoms in total. The minimum absolute atomic E-state index is 0.215. The predicted molar refractivity (Wildman–Crippen MR) is 114 cm³/mol. The van der Waals surface area contributed by atoms with Crippen molar-refractivity contribution in [3.63, 3.8) is 0 Å². The smallest absolute Gasteiger partial charge is 0.263 e. The third-order valence-electron chi connectivity index (χ3n) is 6.91. The summed E-state index contributed by atoms with van der Waals surface area (Å²) in [6, 6.07) is 10.8. The average Bonchev–Trinajstić information content (AvgIpc) is 3.26. The number of benzene rings is 1. The summed E-state index contributed by atoms with van der Waals surface area (Å²) in [6.07, 6.45) is 5.22. The molecular formula is C23H30N2O2S. The molecule has 2 aromatic rings. The summed E-state index contributed by atoms with van der Waals surface area (Å²) in [5.74, 6) is 2.20. The van der Waals surface area contributed by atoms with Crippen molar-refractivity contribution in [2.45, 2.75) is 37.8 Å². The highest BCUT2D eigenvalue weighted by Crippen LogP contribution is 2.41. The normalized spacial score (nSPS) is 30.2. The number of likely N-dealkylation sites (tertiary alicyclic amines) is 1. The molecule has 4 atom stereocenters. The van der Waals surface area contributed by atoms with Gasteiger partial charge in [-0.2, -0.15) is 0 Å². The Kier molecular flexibility index (Phi) is 4.93. The maximum Gasteiger partial charge on any atom is 0.263 e. The summed E-state index contributed by atoms with van der Waals surface area (Å²) in [7, 11) is 4.35. The largest absolute Gasteiger partial charge is 0.376 e. The topological polar surface area (TPSA) is 32.8 Å². The number of likely N-dealkylation sites (N-methyl/N-ethyl adjacent to an activating group) is 1. The summed E-state index contributed by atoms with van der Waals surface area (Å²) < 4.78 is 7.56. The first-order valence-electron chi connectivity index (χ1n) is 10.6.